The highest BCUT2D eigenvalue weighted by molar-refractivity contribution is 6.29. The van der Waals surface area contributed by atoms with E-state index in [0.29, 0.717) is 28.3 Å². The standard InChI is InChI=1S/C26H25ClN8O2/c1-14-10-17(11-20(27)30-14)22-21(16-8-6-5-7-9-16)34-24(28)23(33-22)25(36)31-15(2)18-12-29-13-19(32-18)26(37)35(3)4/h5-13,15H,1-4H3,(H2,28,34)(H,31,36). The summed E-state index contributed by atoms with van der Waals surface area (Å²) in [4.78, 5) is 48.8. The molecule has 3 N–H and O–H groups in total. The number of aryl methyl sites for hydroxylation is 1. The molecule has 3 aromatic heterocycles. The molecule has 0 spiro atoms. The molecular formula is C26H25ClN8O2. The summed E-state index contributed by atoms with van der Waals surface area (Å²) in [6, 6.07) is 12.3. The zero-order chi connectivity index (χ0) is 26.7. The molecule has 1 unspecified atom stereocenters. The largest absolute Gasteiger partial charge is 0.382 e. The van der Waals surface area contributed by atoms with Crippen LogP contribution in [-0.4, -0.2) is 55.7 Å². The van der Waals surface area contributed by atoms with Crippen molar-refractivity contribution in [2.45, 2.75) is 19.9 Å². The van der Waals surface area contributed by atoms with Crippen LogP contribution in [0.2, 0.25) is 5.15 Å². The number of nitrogens with zero attached hydrogens (tertiary/aromatic N) is 6. The predicted molar refractivity (Wildman–Crippen MR) is 141 cm³/mol. The van der Waals surface area contributed by atoms with Crippen molar-refractivity contribution in [2.24, 2.45) is 0 Å². The van der Waals surface area contributed by atoms with Gasteiger partial charge < -0.3 is 16.0 Å². The van der Waals surface area contributed by atoms with E-state index in [9.17, 15) is 9.59 Å². The van der Waals surface area contributed by atoms with Gasteiger partial charge >= 0.3 is 0 Å². The Morgan fingerprint density at radius 1 is 0.973 bits per heavy atom. The first kappa shape index (κ1) is 25.6. The van der Waals surface area contributed by atoms with Gasteiger partial charge in [0, 0.05) is 30.9 Å². The predicted octanol–water partition coefficient (Wildman–Crippen LogP) is 3.73. The Morgan fingerprint density at radius 3 is 2.35 bits per heavy atom. The second kappa shape index (κ2) is 10.7. The van der Waals surface area contributed by atoms with Crippen LogP contribution in [0.5, 0.6) is 0 Å². The highest BCUT2D eigenvalue weighted by Gasteiger charge is 2.23. The number of anilines is 1. The van der Waals surface area contributed by atoms with Gasteiger partial charge in [0.1, 0.15) is 10.8 Å². The van der Waals surface area contributed by atoms with Gasteiger partial charge in [0.25, 0.3) is 11.8 Å². The topological polar surface area (TPSA) is 140 Å². The van der Waals surface area contributed by atoms with Gasteiger partial charge in [0.15, 0.2) is 11.5 Å². The van der Waals surface area contributed by atoms with E-state index >= 15 is 0 Å². The van der Waals surface area contributed by atoms with Crippen molar-refractivity contribution in [1.82, 2.24) is 35.1 Å². The lowest BCUT2D eigenvalue weighted by Crippen LogP contribution is -2.30. The molecular weight excluding hydrogens is 492 g/mol. The molecule has 0 aliphatic carbocycles. The van der Waals surface area contributed by atoms with Crippen molar-refractivity contribution in [2.75, 3.05) is 19.8 Å². The van der Waals surface area contributed by atoms with Crippen LogP contribution in [0.25, 0.3) is 22.5 Å². The van der Waals surface area contributed by atoms with Crippen LogP contribution >= 0.6 is 11.6 Å². The number of hydrogen-bond acceptors (Lipinski definition) is 8. The number of pyridine rings is 1. The summed E-state index contributed by atoms with van der Waals surface area (Å²) in [6.07, 6.45) is 2.86. The minimum Gasteiger partial charge on any atom is -0.382 e. The average molecular weight is 517 g/mol. The van der Waals surface area contributed by atoms with E-state index in [2.05, 4.69) is 30.2 Å². The van der Waals surface area contributed by atoms with Gasteiger partial charge in [-0.05, 0) is 26.0 Å². The molecule has 0 radical (unpaired) electrons. The Kier molecular flexibility index (Phi) is 7.40. The average Bonchev–Trinajstić information content (AvgIpc) is 2.87. The van der Waals surface area contributed by atoms with Crippen LogP contribution in [0.1, 0.15) is 45.3 Å². The second-order valence-corrected chi connectivity index (χ2v) is 8.95. The Morgan fingerprint density at radius 2 is 1.68 bits per heavy atom. The van der Waals surface area contributed by atoms with Crippen molar-refractivity contribution in [3.8, 4) is 22.5 Å². The third-order valence-electron chi connectivity index (χ3n) is 5.45. The first-order chi connectivity index (χ1) is 17.6. The van der Waals surface area contributed by atoms with Crippen molar-refractivity contribution < 1.29 is 9.59 Å². The van der Waals surface area contributed by atoms with Gasteiger partial charge in [-0.1, -0.05) is 41.9 Å². The van der Waals surface area contributed by atoms with E-state index in [4.69, 9.17) is 17.3 Å². The molecule has 37 heavy (non-hydrogen) atoms. The lowest BCUT2D eigenvalue weighted by molar-refractivity contribution is 0.0821. The summed E-state index contributed by atoms with van der Waals surface area (Å²) in [6.45, 7) is 3.54. The summed E-state index contributed by atoms with van der Waals surface area (Å²) in [5.74, 6) is -0.886. The molecule has 11 heteroatoms. The van der Waals surface area contributed by atoms with Crippen LogP contribution in [-0.2, 0) is 0 Å². The molecule has 1 aromatic carbocycles. The molecule has 188 valence electrons. The van der Waals surface area contributed by atoms with Crippen molar-refractivity contribution in [1.29, 1.82) is 0 Å². The number of nitrogen functional groups attached to an aromatic ring is 1. The van der Waals surface area contributed by atoms with Crippen molar-refractivity contribution in [3.05, 3.63) is 82.8 Å². The summed E-state index contributed by atoms with van der Waals surface area (Å²) in [5, 5.41) is 3.11. The molecule has 2 amide bonds. The maximum atomic E-state index is 13.3. The summed E-state index contributed by atoms with van der Waals surface area (Å²) >= 11 is 6.22. The number of rotatable bonds is 6. The van der Waals surface area contributed by atoms with E-state index in [1.807, 2.05) is 43.3 Å². The van der Waals surface area contributed by atoms with Crippen molar-refractivity contribution in [3.63, 3.8) is 0 Å². The fourth-order valence-electron chi connectivity index (χ4n) is 3.64. The van der Waals surface area contributed by atoms with Gasteiger partial charge in [-0.3, -0.25) is 14.6 Å². The Balaban J connectivity index is 1.72. The number of benzene rings is 1. The number of amides is 2. The van der Waals surface area contributed by atoms with Crippen LogP contribution in [0.3, 0.4) is 0 Å². The van der Waals surface area contributed by atoms with E-state index < -0.39 is 11.9 Å². The lowest BCUT2D eigenvalue weighted by atomic mass is 10.0. The fourth-order valence-corrected chi connectivity index (χ4v) is 3.89. The third-order valence-corrected chi connectivity index (χ3v) is 5.64. The highest BCUT2D eigenvalue weighted by atomic mass is 35.5. The smallest absolute Gasteiger partial charge is 0.274 e. The number of nitrogens with two attached hydrogens (primary N) is 1. The summed E-state index contributed by atoms with van der Waals surface area (Å²) in [7, 11) is 3.25. The first-order valence-corrected chi connectivity index (χ1v) is 11.7. The molecule has 4 rings (SSSR count). The molecule has 0 fully saturated rings. The van der Waals surface area contributed by atoms with E-state index in [0.717, 1.165) is 5.56 Å². The number of carbonyl (C=O) groups excluding carboxylic acids is 2. The minimum atomic E-state index is -0.592. The first-order valence-electron chi connectivity index (χ1n) is 11.4. The number of halogens is 1. The van der Waals surface area contributed by atoms with Crippen LogP contribution in [0, 0.1) is 6.92 Å². The van der Waals surface area contributed by atoms with Crippen LogP contribution < -0.4 is 11.1 Å². The molecule has 0 aliphatic heterocycles. The Bertz CT molecular complexity index is 1460. The molecule has 0 bridgehead atoms. The molecule has 0 saturated heterocycles. The molecule has 10 nitrogen and oxygen atoms in total. The second-order valence-electron chi connectivity index (χ2n) is 8.56. The van der Waals surface area contributed by atoms with Crippen LogP contribution in [0.4, 0.5) is 5.82 Å². The fraction of sp³-hybridized carbons (Fsp3) is 0.192. The monoisotopic (exact) mass is 516 g/mol. The normalized spacial score (nSPS) is 11.6. The van der Waals surface area contributed by atoms with Crippen LogP contribution in [0.15, 0.2) is 54.9 Å². The lowest BCUT2D eigenvalue weighted by Gasteiger charge is -2.17. The molecule has 0 aliphatic rings. The quantitative estimate of drug-likeness (QED) is 0.369. The SMILES string of the molecule is Cc1cc(-c2nc(C(=O)NC(C)c3cncc(C(=O)N(C)C)n3)c(N)nc2-c2ccccc2)cc(Cl)n1. The molecule has 3 heterocycles. The molecule has 4 aromatic rings. The number of carbonyl (C=O) groups is 2. The van der Waals surface area contributed by atoms with Gasteiger partial charge in [0.05, 0.1) is 35.5 Å². The summed E-state index contributed by atoms with van der Waals surface area (Å²) < 4.78 is 0. The van der Waals surface area contributed by atoms with Crippen molar-refractivity contribution >= 4 is 29.2 Å². The van der Waals surface area contributed by atoms with Gasteiger partial charge in [0.2, 0.25) is 0 Å². The van der Waals surface area contributed by atoms with E-state index in [-0.39, 0.29) is 28.3 Å². The molecule has 1 atom stereocenters. The maximum Gasteiger partial charge on any atom is 0.274 e. The zero-order valence-electron chi connectivity index (χ0n) is 20.7. The highest BCUT2D eigenvalue weighted by Crippen LogP contribution is 2.32. The Labute approximate surface area is 219 Å². The minimum absolute atomic E-state index is 0.0354. The van der Waals surface area contributed by atoms with E-state index in [1.54, 1.807) is 27.1 Å². The number of aromatic nitrogens is 5. The third kappa shape index (κ3) is 5.70. The van der Waals surface area contributed by atoms with Gasteiger partial charge in [-0.15, -0.1) is 0 Å². The Hall–Kier alpha value is -4.44. The summed E-state index contributed by atoms with van der Waals surface area (Å²) in [5.41, 5.74) is 9.80. The molecule has 0 saturated carbocycles. The van der Waals surface area contributed by atoms with Gasteiger partial charge in [-0.25, -0.2) is 19.9 Å². The van der Waals surface area contributed by atoms with E-state index in [1.165, 1.54) is 17.3 Å². The maximum absolute atomic E-state index is 13.3. The zero-order valence-corrected chi connectivity index (χ0v) is 21.5. The number of nitrogens with one attached hydrogen (secondary N) is 1. The number of hydrogen-bond donors (Lipinski definition) is 2. The van der Waals surface area contributed by atoms with Gasteiger partial charge in [-0.2, -0.15) is 0 Å².